The van der Waals surface area contributed by atoms with Crippen molar-refractivity contribution in [2.45, 2.75) is 12.3 Å². The highest BCUT2D eigenvalue weighted by Crippen LogP contribution is 2.37. The summed E-state index contributed by atoms with van der Waals surface area (Å²) in [4.78, 5) is 0. The summed E-state index contributed by atoms with van der Waals surface area (Å²) in [5.74, 6) is -0.226. The molecule has 0 saturated carbocycles. The molecule has 0 amide bonds. The van der Waals surface area contributed by atoms with E-state index in [1.54, 1.807) is 24.3 Å². The Kier molecular flexibility index (Phi) is 2.63. The Labute approximate surface area is 89.6 Å². The van der Waals surface area contributed by atoms with Gasteiger partial charge >= 0.3 is 6.18 Å². The van der Waals surface area contributed by atoms with Crippen LogP contribution in [0, 0.1) is 0 Å². The number of benzene rings is 1. The van der Waals surface area contributed by atoms with Crippen LogP contribution in [0.4, 0.5) is 13.2 Å². The first-order valence-electron chi connectivity index (χ1n) is 4.60. The fourth-order valence-electron chi connectivity index (χ4n) is 1.54. The van der Waals surface area contributed by atoms with Crippen LogP contribution in [0.5, 0.6) is 0 Å². The van der Waals surface area contributed by atoms with Gasteiger partial charge in [-0.15, -0.1) is 0 Å². The van der Waals surface area contributed by atoms with E-state index in [-0.39, 0.29) is 5.76 Å². The van der Waals surface area contributed by atoms with Crippen molar-refractivity contribution in [1.29, 1.82) is 0 Å². The molecule has 1 atom stereocenters. The van der Waals surface area contributed by atoms with E-state index in [0.29, 0.717) is 11.0 Å². The number of hydrogen-bond acceptors (Lipinski definition) is 2. The molecular formula is C11H9F3O2. The van der Waals surface area contributed by atoms with Crippen molar-refractivity contribution >= 4 is 11.0 Å². The molecule has 0 N–H and O–H groups in total. The molecule has 86 valence electrons. The van der Waals surface area contributed by atoms with Gasteiger partial charge in [0.25, 0.3) is 0 Å². The number of fused-ring (bicyclic) bond motifs is 1. The second-order valence-electron chi connectivity index (χ2n) is 3.34. The summed E-state index contributed by atoms with van der Waals surface area (Å²) in [7, 11) is 1.01. The molecule has 0 aliphatic heterocycles. The van der Waals surface area contributed by atoms with Gasteiger partial charge in [0.1, 0.15) is 11.3 Å². The maximum Gasteiger partial charge on any atom is 0.421 e. The largest absolute Gasteiger partial charge is 0.458 e. The number of alkyl halides is 3. The minimum atomic E-state index is -4.47. The highest BCUT2D eigenvalue weighted by molar-refractivity contribution is 5.77. The number of ether oxygens (including phenoxy) is 1. The van der Waals surface area contributed by atoms with E-state index >= 15 is 0 Å². The average molecular weight is 230 g/mol. The highest BCUT2D eigenvalue weighted by Gasteiger charge is 2.43. The first kappa shape index (κ1) is 11.0. The summed E-state index contributed by atoms with van der Waals surface area (Å²) >= 11 is 0. The Bertz CT molecular complexity index is 454. The molecule has 1 heterocycles. The van der Waals surface area contributed by atoms with Crippen molar-refractivity contribution in [3.05, 3.63) is 36.1 Å². The number of para-hydroxylation sites is 1. The predicted molar refractivity (Wildman–Crippen MR) is 52.0 cm³/mol. The van der Waals surface area contributed by atoms with Gasteiger partial charge in [0.2, 0.25) is 6.10 Å². The zero-order chi connectivity index (χ0) is 11.8. The normalized spacial score (nSPS) is 14.2. The fourth-order valence-corrected chi connectivity index (χ4v) is 1.54. The maximum atomic E-state index is 12.5. The molecule has 0 aliphatic rings. The van der Waals surface area contributed by atoms with Gasteiger partial charge in [-0.3, -0.25) is 0 Å². The van der Waals surface area contributed by atoms with Crippen LogP contribution < -0.4 is 0 Å². The van der Waals surface area contributed by atoms with Gasteiger partial charge < -0.3 is 9.15 Å². The van der Waals surface area contributed by atoms with Crippen molar-refractivity contribution in [2.75, 3.05) is 7.11 Å². The van der Waals surface area contributed by atoms with Crippen LogP contribution in [-0.2, 0) is 4.74 Å². The molecule has 2 rings (SSSR count). The van der Waals surface area contributed by atoms with E-state index in [9.17, 15) is 13.2 Å². The zero-order valence-electron chi connectivity index (χ0n) is 8.41. The molecule has 0 radical (unpaired) electrons. The second kappa shape index (κ2) is 3.83. The van der Waals surface area contributed by atoms with Crippen LogP contribution in [0.2, 0.25) is 0 Å². The summed E-state index contributed by atoms with van der Waals surface area (Å²) in [6, 6.07) is 8.08. The molecule has 0 saturated heterocycles. The Morgan fingerprint density at radius 1 is 1.25 bits per heavy atom. The van der Waals surface area contributed by atoms with Gasteiger partial charge in [0.15, 0.2) is 0 Å². The van der Waals surface area contributed by atoms with E-state index < -0.39 is 12.3 Å². The van der Waals surface area contributed by atoms with Gasteiger partial charge in [0.05, 0.1) is 0 Å². The lowest BCUT2D eigenvalue weighted by atomic mass is 10.2. The standard InChI is InChI=1S/C11H9F3O2/c1-15-10(11(12,13)14)9-6-7-4-2-3-5-8(7)16-9/h2-6,10H,1H3. The molecule has 1 aromatic heterocycles. The average Bonchev–Trinajstić information content (AvgIpc) is 2.59. The molecule has 0 aliphatic carbocycles. The van der Waals surface area contributed by atoms with Gasteiger partial charge in [-0.25, -0.2) is 0 Å². The molecular weight excluding hydrogens is 221 g/mol. The minimum Gasteiger partial charge on any atom is -0.458 e. The summed E-state index contributed by atoms with van der Waals surface area (Å²) in [5, 5.41) is 0.629. The van der Waals surface area contributed by atoms with Gasteiger partial charge in [-0.1, -0.05) is 18.2 Å². The molecule has 16 heavy (non-hydrogen) atoms. The van der Waals surface area contributed by atoms with E-state index in [1.165, 1.54) is 6.07 Å². The third-order valence-corrected chi connectivity index (χ3v) is 2.24. The maximum absolute atomic E-state index is 12.5. The Morgan fingerprint density at radius 3 is 2.50 bits per heavy atom. The van der Waals surface area contributed by atoms with Crippen molar-refractivity contribution < 1.29 is 22.3 Å². The molecule has 0 fully saturated rings. The molecule has 0 spiro atoms. The number of halogens is 3. The van der Waals surface area contributed by atoms with Crippen LogP contribution in [-0.4, -0.2) is 13.3 Å². The van der Waals surface area contributed by atoms with Crippen molar-refractivity contribution in [3.63, 3.8) is 0 Å². The van der Waals surface area contributed by atoms with Crippen molar-refractivity contribution in [2.24, 2.45) is 0 Å². The lowest BCUT2D eigenvalue weighted by Crippen LogP contribution is -2.21. The lowest BCUT2D eigenvalue weighted by molar-refractivity contribution is -0.220. The summed E-state index contributed by atoms with van der Waals surface area (Å²) < 4.78 is 47.2. The van der Waals surface area contributed by atoms with Crippen LogP contribution >= 0.6 is 0 Å². The summed E-state index contributed by atoms with van der Waals surface area (Å²) in [5.41, 5.74) is 0.420. The van der Waals surface area contributed by atoms with Crippen LogP contribution in [0.15, 0.2) is 34.7 Å². The lowest BCUT2D eigenvalue weighted by Gasteiger charge is -2.15. The summed E-state index contributed by atoms with van der Waals surface area (Å²) in [6.07, 6.45) is -6.48. The topological polar surface area (TPSA) is 22.4 Å². The Morgan fingerprint density at radius 2 is 1.94 bits per heavy atom. The number of rotatable bonds is 2. The molecule has 0 bridgehead atoms. The van der Waals surface area contributed by atoms with E-state index in [4.69, 9.17) is 4.42 Å². The minimum absolute atomic E-state index is 0.226. The third kappa shape index (κ3) is 1.90. The van der Waals surface area contributed by atoms with E-state index in [1.807, 2.05) is 0 Å². The van der Waals surface area contributed by atoms with Crippen LogP contribution in [0.25, 0.3) is 11.0 Å². The predicted octanol–water partition coefficient (Wildman–Crippen LogP) is 3.68. The number of furan rings is 1. The fraction of sp³-hybridized carbons (Fsp3) is 0.273. The first-order chi connectivity index (χ1) is 7.52. The van der Waals surface area contributed by atoms with Gasteiger partial charge in [0, 0.05) is 12.5 Å². The Balaban J connectivity index is 2.46. The van der Waals surface area contributed by atoms with Crippen molar-refractivity contribution in [3.8, 4) is 0 Å². The number of hydrogen-bond donors (Lipinski definition) is 0. The molecule has 1 unspecified atom stereocenters. The highest BCUT2D eigenvalue weighted by atomic mass is 19.4. The molecule has 5 heteroatoms. The van der Waals surface area contributed by atoms with Gasteiger partial charge in [-0.2, -0.15) is 13.2 Å². The monoisotopic (exact) mass is 230 g/mol. The molecule has 1 aromatic carbocycles. The van der Waals surface area contributed by atoms with Crippen molar-refractivity contribution in [1.82, 2.24) is 0 Å². The smallest absolute Gasteiger partial charge is 0.421 e. The Hall–Kier alpha value is -1.49. The van der Waals surface area contributed by atoms with Gasteiger partial charge in [-0.05, 0) is 12.1 Å². The second-order valence-corrected chi connectivity index (χ2v) is 3.34. The first-order valence-corrected chi connectivity index (χ1v) is 4.60. The van der Waals surface area contributed by atoms with Crippen LogP contribution in [0.1, 0.15) is 11.9 Å². The third-order valence-electron chi connectivity index (χ3n) is 2.24. The quantitative estimate of drug-likeness (QED) is 0.785. The van der Waals surface area contributed by atoms with E-state index in [0.717, 1.165) is 7.11 Å². The molecule has 2 nitrogen and oxygen atoms in total. The summed E-state index contributed by atoms with van der Waals surface area (Å²) in [6.45, 7) is 0. The van der Waals surface area contributed by atoms with Crippen LogP contribution in [0.3, 0.4) is 0 Å². The number of methoxy groups -OCH3 is 1. The molecule has 2 aromatic rings. The van der Waals surface area contributed by atoms with E-state index in [2.05, 4.69) is 4.74 Å². The zero-order valence-corrected chi connectivity index (χ0v) is 8.41. The SMILES string of the molecule is COC(c1cc2ccccc2o1)C(F)(F)F.